The molecule has 0 spiro atoms. The van der Waals surface area contributed by atoms with Gasteiger partial charge in [0.1, 0.15) is 24.1 Å². The molecule has 0 saturated heterocycles. The highest BCUT2D eigenvalue weighted by Gasteiger charge is 2.35. The highest BCUT2D eigenvalue weighted by atomic mass is 19.1. The van der Waals surface area contributed by atoms with Crippen molar-refractivity contribution in [3.63, 3.8) is 0 Å². The lowest BCUT2D eigenvalue weighted by molar-refractivity contribution is 0.0672. The van der Waals surface area contributed by atoms with Gasteiger partial charge in [-0.05, 0) is 13.0 Å². The molecule has 1 fully saturated rings. The van der Waals surface area contributed by atoms with E-state index >= 15 is 0 Å². The van der Waals surface area contributed by atoms with Crippen LogP contribution in [0.25, 0.3) is 5.65 Å². The first kappa shape index (κ1) is 17.4. The molecule has 7 rings (SSSR count). The number of nitrogens with zero attached hydrogens (tertiary/aromatic N) is 5. The van der Waals surface area contributed by atoms with Crippen LogP contribution in [0.15, 0.2) is 24.7 Å². The summed E-state index contributed by atoms with van der Waals surface area (Å²) in [5.74, 6) is 0.912. The number of hydrogen-bond donors (Lipinski definition) is 1. The minimum Gasteiger partial charge on any atom is -0.486 e. The van der Waals surface area contributed by atoms with Gasteiger partial charge in [0.15, 0.2) is 17.2 Å². The maximum Gasteiger partial charge on any atom is 0.256 e. The zero-order valence-corrected chi connectivity index (χ0v) is 16.2. The van der Waals surface area contributed by atoms with Gasteiger partial charge in [0.25, 0.3) is 5.91 Å². The van der Waals surface area contributed by atoms with Crippen molar-refractivity contribution in [1.82, 2.24) is 24.9 Å². The van der Waals surface area contributed by atoms with E-state index in [9.17, 15) is 9.18 Å². The quantitative estimate of drug-likeness (QED) is 0.603. The molecule has 10 heteroatoms. The van der Waals surface area contributed by atoms with Crippen molar-refractivity contribution in [3.05, 3.63) is 41.6 Å². The Balaban J connectivity index is 1.53. The first-order valence-electron chi connectivity index (χ1n) is 9.95. The topological polar surface area (TPSA) is 93.9 Å². The lowest BCUT2D eigenvalue weighted by atomic mass is 9.89. The summed E-state index contributed by atoms with van der Waals surface area (Å²) >= 11 is 0. The molecule has 1 N–H and O–H groups in total. The second kappa shape index (κ2) is 6.28. The molecule has 6 heterocycles. The number of hydrogen-bond acceptors (Lipinski definition) is 7. The fourth-order valence-electron chi connectivity index (χ4n) is 4.17. The van der Waals surface area contributed by atoms with E-state index in [1.807, 2.05) is 11.8 Å². The maximum absolute atomic E-state index is 14.0. The number of aromatic nitrogens is 4. The van der Waals surface area contributed by atoms with Crippen LogP contribution in [0.4, 0.5) is 10.2 Å². The van der Waals surface area contributed by atoms with E-state index in [0.717, 1.165) is 6.20 Å². The smallest absolute Gasteiger partial charge is 0.256 e. The van der Waals surface area contributed by atoms with Crippen molar-refractivity contribution in [2.75, 3.05) is 11.5 Å². The van der Waals surface area contributed by atoms with E-state index in [-0.39, 0.29) is 24.1 Å². The molecule has 154 valence electrons. The van der Waals surface area contributed by atoms with Crippen LogP contribution < -0.4 is 19.7 Å². The van der Waals surface area contributed by atoms with Gasteiger partial charge in [-0.25, -0.2) is 18.9 Å². The number of carbonyl (C=O) groups excluding carboxylic acids is 1. The summed E-state index contributed by atoms with van der Waals surface area (Å²) in [7, 11) is 0. The molecule has 4 bridgehead atoms. The summed E-state index contributed by atoms with van der Waals surface area (Å²) in [5, 5.41) is 7.29. The van der Waals surface area contributed by atoms with Crippen molar-refractivity contribution < 1.29 is 18.7 Å². The molecule has 3 aromatic heterocycles. The average molecular weight is 410 g/mol. The molecule has 1 amide bonds. The minimum atomic E-state index is -0.417. The second-order valence-corrected chi connectivity index (χ2v) is 8.04. The number of rotatable bonds is 0. The highest BCUT2D eigenvalue weighted by Crippen LogP contribution is 2.36. The van der Waals surface area contributed by atoms with Crippen LogP contribution in [0.5, 0.6) is 11.6 Å². The Bertz CT molecular complexity index is 1170. The van der Waals surface area contributed by atoms with Crippen LogP contribution in [0.3, 0.4) is 0 Å². The predicted octanol–water partition coefficient (Wildman–Crippen LogP) is 1.70. The van der Waals surface area contributed by atoms with E-state index in [0.29, 0.717) is 60.2 Å². The normalized spacial score (nSPS) is 24.9. The van der Waals surface area contributed by atoms with Gasteiger partial charge >= 0.3 is 0 Å². The van der Waals surface area contributed by atoms with Crippen molar-refractivity contribution in [3.8, 4) is 11.6 Å². The number of nitrogens with one attached hydrogen (secondary N) is 1. The van der Waals surface area contributed by atoms with Crippen molar-refractivity contribution in [2.45, 2.75) is 44.5 Å². The Labute approximate surface area is 170 Å². The van der Waals surface area contributed by atoms with Crippen molar-refractivity contribution in [2.24, 2.45) is 0 Å². The predicted molar refractivity (Wildman–Crippen MR) is 103 cm³/mol. The Hall–Kier alpha value is -3.43. The first-order chi connectivity index (χ1) is 14.5. The van der Waals surface area contributed by atoms with E-state index in [4.69, 9.17) is 14.5 Å². The van der Waals surface area contributed by atoms with E-state index < -0.39 is 5.82 Å². The first-order valence-corrected chi connectivity index (χ1v) is 9.95. The van der Waals surface area contributed by atoms with E-state index in [2.05, 4.69) is 15.4 Å². The molecule has 3 aliphatic heterocycles. The highest BCUT2D eigenvalue weighted by molar-refractivity contribution is 6.00. The van der Waals surface area contributed by atoms with E-state index in [1.165, 1.54) is 12.3 Å². The average Bonchev–Trinajstić information content (AvgIpc) is 3.11. The molecule has 3 aromatic rings. The molecule has 0 radical (unpaired) electrons. The Kier molecular flexibility index (Phi) is 3.65. The van der Waals surface area contributed by atoms with Gasteiger partial charge in [-0.15, -0.1) is 0 Å². The van der Waals surface area contributed by atoms with Gasteiger partial charge in [0.2, 0.25) is 5.88 Å². The SMILES string of the molecule is C[C@@H]1COc2cn3ncc4c3nc2N1Cc1cc(F)cnc1O[C@H]1C[C@H](C1)NC4=O. The number of pyridine rings is 1. The third-order valence-electron chi connectivity index (χ3n) is 5.91. The van der Waals surface area contributed by atoms with Crippen LogP contribution in [0.1, 0.15) is 35.7 Å². The number of carbonyl (C=O) groups is 1. The fourth-order valence-corrected chi connectivity index (χ4v) is 4.17. The summed E-state index contributed by atoms with van der Waals surface area (Å²) in [5.41, 5.74) is 1.51. The van der Waals surface area contributed by atoms with Crippen LogP contribution in [-0.4, -0.2) is 50.3 Å². The van der Waals surface area contributed by atoms with Gasteiger partial charge in [0.05, 0.1) is 31.2 Å². The van der Waals surface area contributed by atoms with Crippen molar-refractivity contribution in [1.29, 1.82) is 0 Å². The minimum absolute atomic E-state index is 0.00164. The molecule has 0 aromatic carbocycles. The summed E-state index contributed by atoms with van der Waals surface area (Å²) < 4.78 is 27.5. The van der Waals surface area contributed by atoms with Gasteiger partial charge in [-0.2, -0.15) is 5.10 Å². The van der Waals surface area contributed by atoms with Gasteiger partial charge in [0, 0.05) is 24.4 Å². The molecule has 1 atom stereocenters. The standard InChI is InChI=1S/C20H19FN6O3/c1-10-9-29-16-8-27-17-15(6-23-27)19(28)24-13-3-14(4-13)30-20-11(2-12(21)5-22-20)7-26(10)18(16)25-17/h2,5-6,8,10,13-14H,3-4,7,9H2,1H3,(H,24,28)/t10-,13-,14+/m1/s1. The third kappa shape index (κ3) is 2.66. The molecule has 30 heavy (non-hydrogen) atoms. The second-order valence-electron chi connectivity index (χ2n) is 8.04. The largest absolute Gasteiger partial charge is 0.486 e. The zero-order valence-electron chi connectivity index (χ0n) is 16.2. The summed E-state index contributed by atoms with van der Waals surface area (Å²) in [4.78, 5) is 23.7. The van der Waals surface area contributed by atoms with Gasteiger partial charge < -0.3 is 19.7 Å². The molecular formula is C20H19FN6O3. The monoisotopic (exact) mass is 410 g/mol. The van der Waals surface area contributed by atoms with E-state index in [1.54, 1.807) is 10.7 Å². The van der Waals surface area contributed by atoms with Gasteiger partial charge in [-0.3, -0.25) is 4.79 Å². The molecular weight excluding hydrogens is 391 g/mol. The number of ether oxygens (including phenoxy) is 2. The maximum atomic E-state index is 14.0. The summed E-state index contributed by atoms with van der Waals surface area (Å²) in [6.07, 6.45) is 5.66. The van der Waals surface area contributed by atoms with Crippen LogP contribution in [0.2, 0.25) is 0 Å². The number of halogens is 1. The number of amides is 1. The molecule has 0 unspecified atom stereocenters. The molecule has 1 aliphatic carbocycles. The van der Waals surface area contributed by atoms with Crippen LogP contribution in [0, 0.1) is 5.82 Å². The van der Waals surface area contributed by atoms with Crippen LogP contribution in [-0.2, 0) is 6.54 Å². The molecule has 9 nitrogen and oxygen atoms in total. The summed E-state index contributed by atoms with van der Waals surface area (Å²) in [6.45, 7) is 2.80. The Morgan fingerprint density at radius 2 is 2.17 bits per heavy atom. The number of fused-ring (bicyclic) bond motifs is 1. The zero-order chi connectivity index (χ0) is 20.4. The van der Waals surface area contributed by atoms with Crippen molar-refractivity contribution >= 4 is 17.4 Å². The van der Waals surface area contributed by atoms with Crippen LogP contribution >= 0.6 is 0 Å². The molecule has 4 aliphatic rings. The van der Waals surface area contributed by atoms with Gasteiger partial charge in [-0.1, -0.05) is 0 Å². The summed E-state index contributed by atoms with van der Waals surface area (Å²) in [6, 6.07) is 1.43. The Morgan fingerprint density at radius 1 is 1.30 bits per heavy atom. The Morgan fingerprint density at radius 3 is 3.03 bits per heavy atom. The molecule has 1 saturated carbocycles. The fraction of sp³-hybridized carbons (Fsp3) is 0.400. The third-order valence-corrected chi connectivity index (χ3v) is 5.91. The number of anilines is 1. The lowest BCUT2D eigenvalue weighted by Gasteiger charge is -2.38. The lowest BCUT2D eigenvalue weighted by Crippen LogP contribution is -2.49.